The number of carbonyl (C=O) groups is 3. The molecule has 9 heteroatoms. The molecule has 30 heavy (non-hydrogen) atoms. The predicted molar refractivity (Wildman–Crippen MR) is 120 cm³/mol. The summed E-state index contributed by atoms with van der Waals surface area (Å²) in [5.74, 6) is -0.504. The third kappa shape index (κ3) is 7.76. The minimum absolute atomic E-state index is 0.0560. The van der Waals surface area contributed by atoms with E-state index in [1.165, 1.54) is 16.2 Å². The van der Waals surface area contributed by atoms with Gasteiger partial charge in [-0.2, -0.15) is 0 Å². The highest BCUT2D eigenvalue weighted by atomic mass is 35.5. The number of carbonyl (C=O) groups excluding carboxylic acids is 3. The Morgan fingerprint density at radius 2 is 1.77 bits per heavy atom. The van der Waals surface area contributed by atoms with Crippen LogP contribution in [-0.2, 0) is 16.0 Å². The van der Waals surface area contributed by atoms with E-state index >= 15 is 0 Å². The van der Waals surface area contributed by atoms with E-state index in [0.29, 0.717) is 28.0 Å². The van der Waals surface area contributed by atoms with Crippen molar-refractivity contribution in [2.45, 2.75) is 40.2 Å². The fraction of sp³-hybridized carbons (Fsp3) is 0.429. The van der Waals surface area contributed by atoms with Gasteiger partial charge in [0.15, 0.2) is 5.13 Å². The fourth-order valence-corrected chi connectivity index (χ4v) is 3.60. The Labute approximate surface area is 185 Å². The third-order valence-electron chi connectivity index (χ3n) is 3.89. The maximum Gasteiger partial charge on any atom is 0.254 e. The van der Waals surface area contributed by atoms with Gasteiger partial charge < -0.3 is 15.5 Å². The predicted octanol–water partition coefficient (Wildman–Crippen LogP) is 3.60. The Hall–Kier alpha value is -2.45. The van der Waals surface area contributed by atoms with Gasteiger partial charge in [0, 0.05) is 28.6 Å². The van der Waals surface area contributed by atoms with Crippen LogP contribution in [-0.4, -0.2) is 46.7 Å². The molecule has 0 fully saturated rings. The van der Waals surface area contributed by atoms with Crippen LogP contribution in [0.3, 0.4) is 0 Å². The summed E-state index contributed by atoms with van der Waals surface area (Å²) in [4.78, 5) is 43.0. The standard InChI is InChI=1S/C21H27ClN4O3S/c1-13(2)10-26(20(29)15-5-7-16(22)8-6-15)11-19(28)25-21-24-17(12-30-21)9-18(27)23-14(3)4/h5-8,12-14H,9-11H2,1-4H3,(H,23,27)(H,24,25,28). The largest absolute Gasteiger partial charge is 0.354 e. The van der Waals surface area contributed by atoms with E-state index in [-0.39, 0.29) is 42.6 Å². The number of nitrogens with one attached hydrogen (secondary N) is 2. The summed E-state index contributed by atoms with van der Waals surface area (Å²) in [6, 6.07) is 6.64. The average molecular weight is 451 g/mol. The molecule has 0 aliphatic rings. The molecule has 2 N–H and O–H groups in total. The lowest BCUT2D eigenvalue weighted by molar-refractivity contribution is -0.121. The zero-order valence-corrected chi connectivity index (χ0v) is 19.1. The average Bonchev–Trinajstić information content (AvgIpc) is 3.06. The Kier molecular flexibility index (Phi) is 8.80. The quantitative estimate of drug-likeness (QED) is 0.610. The first kappa shape index (κ1) is 23.8. The number of benzene rings is 1. The zero-order valence-electron chi connectivity index (χ0n) is 17.6. The van der Waals surface area contributed by atoms with Crippen LogP contribution in [0.4, 0.5) is 5.13 Å². The molecule has 1 heterocycles. The smallest absolute Gasteiger partial charge is 0.254 e. The van der Waals surface area contributed by atoms with Crippen molar-refractivity contribution >= 4 is 45.8 Å². The van der Waals surface area contributed by atoms with Crippen LogP contribution in [0.1, 0.15) is 43.7 Å². The van der Waals surface area contributed by atoms with Gasteiger partial charge in [-0.15, -0.1) is 11.3 Å². The van der Waals surface area contributed by atoms with E-state index in [1.54, 1.807) is 29.6 Å². The molecule has 0 unspecified atom stereocenters. The SMILES string of the molecule is CC(C)CN(CC(=O)Nc1nc(CC(=O)NC(C)C)cs1)C(=O)c1ccc(Cl)cc1. The number of thiazole rings is 1. The summed E-state index contributed by atoms with van der Waals surface area (Å²) in [6.45, 7) is 8.08. The number of rotatable bonds is 9. The van der Waals surface area contributed by atoms with Crippen molar-refractivity contribution < 1.29 is 14.4 Å². The molecule has 3 amide bonds. The summed E-state index contributed by atoms with van der Waals surface area (Å²) in [5, 5.41) is 8.20. The summed E-state index contributed by atoms with van der Waals surface area (Å²) < 4.78 is 0. The molecule has 1 aromatic heterocycles. The van der Waals surface area contributed by atoms with E-state index in [0.717, 1.165) is 0 Å². The Bertz CT molecular complexity index is 881. The van der Waals surface area contributed by atoms with E-state index in [2.05, 4.69) is 15.6 Å². The van der Waals surface area contributed by atoms with E-state index in [4.69, 9.17) is 11.6 Å². The molecule has 0 saturated carbocycles. The number of amides is 3. The molecule has 162 valence electrons. The number of halogens is 1. The van der Waals surface area contributed by atoms with Crippen molar-refractivity contribution in [2.24, 2.45) is 5.92 Å². The molecule has 0 atom stereocenters. The van der Waals surface area contributed by atoms with E-state index in [9.17, 15) is 14.4 Å². The molecule has 2 aromatic rings. The maximum atomic E-state index is 12.8. The van der Waals surface area contributed by atoms with Gasteiger partial charge in [0.25, 0.3) is 5.91 Å². The van der Waals surface area contributed by atoms with Gasteiger partial charge in [-0.1, -0.05) is 25.4 Å². The molecule has 0 saturated heterocycles. The van der Waals surface area contributed by atoms with Crippen molar-refractivity contribution in [1.29, 1.82) is 0 Å². The Balaban J connectivity index is 2.00. The van der Waals surface area contributed by atoms with Crippen LogP contribution < -0.4 is 10.6 Å². The summed E-state index contributed by atoms with van der Waals surface area (Å²) >= 11 is 7.14. The summed E-state index contributed by atoms with van der Waals surface area (Å²) in [5.41, 5.74) is 1.06. The lowest BCUT2D eigenvalue weighted by atomic mass is 10.1. The second-order valence-electron chi connectivity index (χ2n) is 7.68. The highest BCUT2D eigenvalue weighted by Crippen LogP contribution is 2.17. The second kappa shape index (κ2) is 11.1. The van der Waals surface area contributed by atoms with Gasteiger partial charge in [0.05, 0.1) is 12.1 Å². The molecule has 0 aliphatic heterocycles. The lowest BCUT2D eigenvalue weighted by Gasteiger charge is -2.24. The highest BCUT2D eigenvalue weighted by molar-refractivity contribution is 7.13. The van der Waals surface area contributed by atoms with Crippen LogP contribution in [0.25, 0.3) is 0 Å². The van der Waals surface area contributed by atoms with Crippen LogP contribution in [0.15, 0.2) is 29.6 Å². The minimum atomic E-state index is -0.342. The number of anilines is 1. The first-order chi connectivity index (χ1) is 14.1. The molecule has 0 radical (unpaired) electrons. The second-order valence-corrected chi connectivity index (χ2v) is 8.97. The van der Waals surface area contributed by atoms with Crippen LogP contribution >= 0.6 is 22.9 Å². The first-order valence-corrected chi connectivity index (χ1v) is 11.0. The summed E-state index contributed by atoms with van der Waals surface area (Å²) in [7, 11) is 0. The van der Waals surface area contributed by atoms with Crippen LogP contribution in [0.2, 0.25) is 5.02 Å². The molecule has 0 aliphatic carbocycles. The molecule has 1 aromatic carbocycles. The maximum absolute atomic E-state index is 12.8. The number of hydrogen-bond acceptors (Lipinski definition) is 5. The highest BCUT2D eigenvalue weighted by Gasteiger charge is 2.20. The zero-order chi connectivity index (χ0) is 22.3. The molecular formula is C21H27ClN4O3S. The molecular weight excluding hydrogens is 424 g/mol. The van der Waals surface area contributed by atoms with Crippen molar-refractivity contribution in [2.75, 3.05) is 18.4 Å². The van der Waals surface area contributed by atoms with Gasteiger partial charge in [-0.05, 0) is 44.0 Å². The van der Waals surface area contributed by atoms with Gasteiger partial charge in [-0.25, -0.2) is 4.98 Å². The van der Waals surface area contributed by atoms with Gasteiger partial charge in [0.1, 0.15) is 6.54 Å². The van der Waals surface area contributed by atoms with E-state index in [1.807, 2.05) is 27.7 Å². The van der Waals surface area contributed by atoms with Gasteiger partial charge >= 0.3 is 0 Å². The first-order valence-electron chi connectivity index (χ1n) is 9.72. The molecule has 7 nitrogen and oxygen atoms in total. The van der Waals surface area contributed by atoms with Crippen molar-refractivity contribution in [3.05, 3.63) is 45.9 Å². The summed E-state index contributed by atoms with van der Waals surface area (Å²) in [6.07, 6.45) is 0.152. The number of nitrogens with zero attached hydrogens (tertiary/aromatic N) is 2. The minimum Gasteiger partial charge on any atom is -0.354 e. The van der Waals surface area contributed by atoms with E-state index < -0.39 is 0 Å². The fourth-order valence-electron chi connectivity index (χ4n) is 2.75. The lowest BCUT2D eigenvalue weighted by Crippen LogP contribution is -2.40. The monoisotopic (exact) mass is 450 g/mol. The van der Waals surface area contributed by atoms with Crippen LogP contribution in [0.5, 0.6) is 0 Å². The number of aromatic nitrogens is 1. The van der Waals surface area contributed by atoms with Crippen molar-refractivity contribution in [3.63, 3.8) is 0 Å². The molecule has 2 rings (SSSR count). The Morgan fingerprint density at radius 3 is 2.37 bits per heavy atom. The van der Waals surface area contributed by atoms with Crippen molar-refractivity contribution in [3.8, 4) is 0 Å². The third-order valence-corrected chi connectivity index (χ3v) is 4.95. The topological polar surface area (TPSA) is 91.4 Å². The normalized spacial score (nSPS) is 10.9. The molecule has 0 spiro atoms. The number of hydrogen-bond donors (Lipinski definition) is 2. The van der Waals surface area contributed by atoms with Crippen LogP contribution in [0, 0.1) is 5.92 Å². The van der Waals surface area contributed by atoms with Crippen molar-refractivity contribution in [1.82, 2.24) is 15.2 Å². The van der Waals surface area contributed by atoms with Gasteiger partial charge in [0.2, 0.25) is 11.8 Å². The molecule has 0 bridgehead atoms. The van der Waals surface area contributed by atoms with Gasteiger partial charge in [-0.3, -0.25) is 14.4 Å². The Morgan fingerprint density at radius 1 is 1.10 bits per heavy atom.